The first kappa shape index (κ1) is 16.5. The van der Waals surface area contributed by atoms with Crippen LogP contribution in [0.2, 0.25) is 0 Å². The Morgan fingerprint density at radius 2 is 1.96 bits per heavy atom. The molecule has 1 aromatic carbocycles. The number of nitro groups is 1. The van der Waals surface area contributed by atoms with Crippen LogP contribution in [0.5, 0.6) is 0 Å². The molecule has 0 unspecified atom stereocenters. The monoisotopic (exact) mass is 356 g/mol. The predicted octanol–water partition coefficient (Wildman–Crippen LogP) is -0.467. The SMILES string of the molecule is O=c1[nH]c2cc([N+](=O)[O-])cc(CN[C@@H]3C[C@H]3P(=O)(O)O)c2[nH]c1=O. The van der Waals surface area contributed by atoms with Gasteiger partial charge < -0.3 is 25.1 Å². The molecule has 2 atom stereocenters. The molecule has 128 valence electrons. The number of benzene rings is 1. The fourth-order valence-corrected chi connectivity index (χ4v) is 3.62. The summed E-state index contributed by atoms with van der Waals surface area (Å²) in [5.74, 6) is 0. The normalized spacial score (nSPS) is 20.2. The first-order valence-electron chi connectivity index (χ1n) is 6.89. The summed E-state index contributed by atoms with van der Waals surface area (Å²) in [5, 5.41) is 13.9. The van der Waals surface area contributed by atoms with E-state index in [1.807, 2.05) is 0 Å². The maximum atomic E-state index is 11.5. The fraction of sp³-hybridized carbons (Fsp3) is 0.333. The van der Waals surface area contributed by atoms with Gasteiger partial charge in [0.05, 0.1) is 21.6 Å². The molecule has 1 fully saturated rings. The van der Waals surface area contributed by atoms with Crippen LogP contribution in [0.15, 0.2) is 21.7 Å². The summed E-state index contributed by atoms with van der Waals surface area (Å²) in [5.41, 5.74) is -2.20. The predicted molar refractivity (Wildman–Crippen MR) is 82.9 cm³/mol. The second kappa shape index (κ2) is 5.64. The summed E-state index contributed by atoms with van der Waals surface area (Å²) in [7, 11) is -4.17. The molecule has 1 heterocycles. The molecular formula is C12H13N4O7P. The number of H-pyrrole nitrogens is 2. The van der Waals surface area contributed by atoms with E-state index in [9.17, 15) is 24.3 Å². The van der Waals surface area contributed by atoms with Crippen LogP contribution in [0.1, 0.15) is 12.0 Å². The van der Waals surface area contributed by atoms with Crippen molar-refractivity contribution in [2.75, 3.05) is 0 Å². The maximum Gasteiger partial charge on any atom is 0.330 e. The summed E-state index contributed by atoms with van der Waals surface area (Å²) in [6.07, 6.45) is 0.296. The van der Waals surface area contributed by atoms with Gasteiger partial charge in [-0.25, -0.2) is 0 Å². The van der Waals surface area contributed by atoms with Crippen LogP contribution in [0.25, 0.3) is 11.0 Å². The number of nitrogens with zero attached hydrogens (tertiary/aromatic N) is 1. The van der Waals surface area contributed by atoms with Crippen molar-refractivity contribution in [2.45, 2.75) is 24.7 Å². The number of nitrogens with one attached hydrogen (secondary N) is 3. The van der Waals surface area contributed by atoms with Crippen molar-refractivity contribution in [3.63, 3.8) is 0 Å². The number of non-ortho nitro benzene ring substituents is 1. The van der Waals surface area contributed by atoms with E-state index in [2.05, 4.69) is 15.3 Å². The van der Waals surface area contributed by atoms with E-state index in [-0.39, 0.29) is 23.3 Å². The molecule has 0 bridgehead atoms. The summed E-state index contributed by atoms with van der Waals surface area (Å²) in [4.78, 5) is 56.0. The summed E-state index contributed by atoms with van der Waals surface area (Å²) in [6, 6.07) is 1.96. The first-order valence-corrected chi connectivity index (χ1v) is 8.57. The van der Waals surface area contributed by atoms with Crippen LogP contribution in [-0.4, -0.2) is 36.4 Å². The number of rotatable bonds is 5. The minimum atomic E-state index is -4.17. The number of hydrogen-bond donors (Lipinski definition) is 5. The Kier molecular flexibility index (Phi) is 3.88. The summed E-state index contributed by atoms with van der Waals surface area (Å²) in [6.45, 7) is 0.0430. The third kappa shape index (κ3) is 3.15. The Bertz CT molecular complexity index is 991. The average molecular weight is 356 g/mol. The van der Waals surface area contributed by atoms with Gasteiger partial charge in [0.15, 0.2) is 0 Å². The molecule has 0 radical (unpaired) electrons. The second-order valence-corrected chi connectivity index (χ2v) is 7.41. The molecule has 1 saturated carbocycles. The first-order chi connectivity index (χ1) is 11.2. The standard InChI is InChI=1S/C12H13N4O7P/c17-11-12(18)15-10-5(1-6(16(19)20)2-8(10)14-11)4-13-7-3-9(7)24(21,22)23/h1-2,7,9,13H,3-4H2,(H,14,17)(H,15,18)(H2,21,22,23)/t7-,9-/m1/s1. The summed E-state index contributed by atoms with van der Waals surface area (Å²) >= 11 is 0. The number of fused-ring (bicyclic) bond motifs is 1. The molecule has 11 nitrogen and oxygen atoms in total. The van der Waals surface area contributed by atoms with Crippen molar-refractivity contribution in [2.24, 2.45) is 0 Å². The molecule has 0 amide bonds. The van der Waals surface area contributed by atoms with Crippen LogP contribution in [-0.2, 0) is 11.1 Å². The summed E-state index contributed by atoms with van der Waals surface area (Å²) < 4.78 is 11.1. The van der Waals surface area contributed by atoms with Crippen LogP contribution < -0.4 is 16.4 Å². The maximum absolute atomic E-state index is 11.5. The number of hydrogen-bond acceptors (Lipinski definition) is 6. The van der Waals surface area contributed by atoms with Gasteiger partial charge in [-0.2, -0.15) is 0 Å². The van der Waals surface area contributed by atoms with E-state index in [4.69, 9.17) is 9.79 Å². The Balaban J connectivity index is 1.95. The van der Waals surface area contributed by atoms with E-state index >= 15 is 0 Å². The zero-order chi connectivity index (χ0) is 17.6. The van der Waals surface area contributed by atoms with Gasteiger partial charge in [0.25, 0.3) is 5.69 Å². The van der Waals surface area contributed by atoms with E-state index < -0.39 is 35.3 Å². The largest absolute Gasteiger partial charge is 0.330 e. The molecule has 24 heavy (non-hydrogen) atoms. The highest BCUT2D eigenvalue weighted by atomic mass is 31.2. The van der Waals surface area contributed by atoms with Gasteiger partial charge in [-0.1, -0.05) is 0 Å². The molecule has 0 spiro atoms. The number of nitro benzene ring substituents is 1. The zero-order valence-corrected chi connectivity index (χ0v) is 12.9. The van der Waals surface area contributed by atoms with Gasteiger partial charge in [0.2, 0.25) is 0 Å². The van der Waals surface area contributed by atoms with Gasteiger partial charge in [-0.05, 0) is 12.0 Å². The van der Waals surface area contributed by atoms with E-state index in [1.165, 1.54) is 6.07 Å². The van der Waals surface area contributed by atoms with Crippen molar-refractivity contribution in [3.8, 4) is 0 Å². The lowest BCUT2D eigenvalue weighted by molar-refractivity contribution is -0.384. The van der Waals surface area contributed by atoms with Gasteiger partial charge in [-0.15, -0.1) is 0 Å². The lowest BCUT2D eigenvalue weighted by atomic mass is 10.1. The second-order valence-electron chi connectivity index (χ2n) is 5.57. The van der Waals surface area contributed by atoms with Crippen molar-refractivity contribution in [1.82, 2.24) is 15.3 Å². The average Bonchev–Trinajstić information content (AvgIpc) is 3.25. The topological polar surface area (TPSA) is 178 Å². The fourth-order valence-electron chi connectivity index (χ4n) is 2.54. The van der Waals surface area contributed by atoms with Crippen molar-refractivity contribution < 1.29 is 19.3 Å². The molecule has 0 saturated heterocycles. The van der Waals surface area contributed by atoms with Crippen molar-refractivity contribution >= 4 is 24.3 Å². The lowest BCUT2D eigenvalue weighted by Crippen LogP contribution is -2.29. The Morgan fingerprint density at radius 1 is 1.29 bits per heavy atom. The molecule has 2 aromatic rings. The van der Waals surface area contributed by atoms with Crippen molar-refractivity contribution in [1.29, 1.82) is 0 Å². The molecule has 3 rings (SSSR count). The highest BCUT2D eigenvalue weighted by Gasteiger charge is 2.49. The van der Waals surface area contributed by atoms with Gasteiger partial charge >= 0.3 is 18.7 Å². The molecule has 1 aliphatic carbocycles. The smallest absolute Gasteiger partial charge is 0.324 e. The quantitative estimate of drug-likeness (QED) is 0.206. The van der Waals surface area contributed by atoms with Crippen LogP contribution in [0.4, 0.5) is 5.69 Å². The number of aromatic amines is 2. The molecule has 0 aliphatic heterocycles. The molecule has 5 N–H and O–H groups in total. The van der Waals surface area contributed by atoms with Gasteiger partial charge in [0.1, 0.15) is 0 Å². The highest BCUT2D eigenvalue weighted by Crippen LogP contribution is 2.54. The molecule has 1 aromatic heterocycles. The zero-order valence-electron chi connectivity index (χ0n) is 12.1. The Hall–Kier alpha value is -2.33. The van der Waals surface area contributed by atoms with E-state index in [0.717, 1.165) is 6.07 Å². The minimum absolute atomic E-state index is 0.0430. The van der Waals surface area contributed by atoms with E-state index in [1.54, 1.807) is 0 Å². The molecule has 1 aliphatic rings. The molecule has 12 heteroatoms. The Labute approximate surface area is 133 Å². The molecular weight excluding hydrogens is 343 g/mol. The third-order valence-corrected chi connectivity index (χ3v) is 5.29. The Morgan fingerprint density at radius 3 is 2.54 bits per heavy atom. The van der Waals surface area contributed by atoms with Gasteiger partial charge in [0, 0.05) is 24.7 Å². The highest BCUT2D eigenvalue weighted by molar-refractivity contribution is 7.53. The van der Waals surface area contributed by atoms with Crippen LogP contribution in [0, 0.1) is 10.1 Å². The third-order valence-electron chi connectivity index (χ3n) is 3.85. The van der Waals surface area contributed by atoms with E-state index in [0.29, 0.717) is 12.0 Å². The minimum Gasteiger partial charge on any atom is -0.324 e. The van der Waals surface area contributed by atoms with Crippen LogP contribution in [0.3, 0.4) is 0 Å². The number of aromatic nitrogens is 2. The van der Waals surface area contributed by atoms with Crippen molar-refractivity contribution in [3.05, 3.63) is 48.5 Å². The lowest BCUT2D eigenvalue weighted by Gasteiger charge is -2.08. The van der Waals surface area contributed by atoms with Crippen LogP contribution >= 0.6 is 7.60 Å². The van der Waals surface area contributed by atoms with Gasteiger partial charge in [-0.3, -0.25) is 24.3 Å².